The number of hydrogen-bond acceptors (Lipinski definition) is 5. The number of furan rings is 1. The number of carbonyl (C=O) groups is 1. The van der Waals surface area contributed by atoms with Gasteiger partial charge in [0.2, 0.25) is 0 Å². The van der Waals surface area contributed by atoms with E-state index in [1.807, 2.05) is 42.5 Å². The van der Waals surface area contributed by atoms with Gasteiger partial charge in [0.15, 0.2) is 0 Å². The molecule has 0 radical (unpaired) electrons. The lowest BCUT2D eigenvalue weighted by Crippen LogP contribution is -2.05. The first-order valence-electron chi connectivity index (χ1n) is 9.94. The van der Waals surface area contributed by atoms with Crippen molar-refractivity contribution < 1.29 is 24.2 Å². The van der Waals surface area contributed by atoms with Gasteiger partial charge in [-0.3, -0.25) is 4.79 Å². The van der Waals surface area contributed by atoms with Crippen molar-refractivity contribution in [1.29, 1.82) is 0 Å². The first-order valence-corrected chi connectivity index (χ1v) is 9.94. The highest BCUT2D eigenvalue weighted by atomic mass is 16.5. The second kappa shape index (κ2) is 9.04. The van der Waals surface area contributed by atoms with Crippen LogP contribution in [-0.4, -0.2) is 16.2 Å². The molecule has 0 amide bonds. The minimum atomic E-state index is -0.941. The number of nitrogens with two attached hydrogens (primary N) is 1. The van der Waals surface area contributed by atoms with Crippen molar-refractivity contribution in [3.63, 3.8) is 0 Å². The summed E-state index contributed by atoms with van der Waals surface area (Å²) in [6, 6.07) is 19.0. The number of carboxylic acids is 1. The summed E-state index contributed by atoms with van der Waals surface area (Å²) in [4.78, 5) is 11.2. The molecule has 0 saturated carbocycles. The van der Waals surface area contributed by atoms with Crippen LogP contribution >= 0.6 is 0 Å². The summed E-state index contributed by atoms with van der Waals surface area (Å²) in [6.07, 6.45) is 1.50. The molecular weight excluding hydrogens is 394 g/mol. The zero-order valence-corrected chi connectivity index (χ0v) is 16.9. The average molecular weight is 417 g/mol. The lowest BCUT2D eigenvalue weighted by molar-refractivity contribution is -0.136. The van der Waals surface area contributed by atoms with Crippen molar-refractivity contribution in [1.82, 2.24) is 0 Å². The summed E-state index contributed by atoms with van der Waals surface area (Å²) >= 11 is 0. The van der Waals surface area contributed by atoms with E-state index in [-0.39, 0.29) is 19.6 Å². The van der Waals surface area contributed by atoms with Gasteiger partial charge in [-0.25, -0.2) is 0 Å². The molecule has 0 saturated heterocycles. The van der Waals surface area contributed by atoms with Gasteiger partial charge >= 0.3 is 5.97 Å². The number of aliphatic hydroxyl groups excluding tert-OH is 1. The summed E-state index contributed by atoms with van der Waals surface area (Å²) in [6.45, 7) is 0.546. The molecule has 0 aliphatic rings. The second-order valence-corrected chi connectivity index (χ2v) is 7.35. The SMILES string of the molecule is NCc1cccc(-c2cc(COc3cc(CO)ccc3CC(=O)O)cc3ccoc23)c1. The Morgan fingerprint density at radius 3 is 2.65 bits per heavy atom. The van der Waals surface area contributed by atoms with Crippen LogP contribution in [0.1, 0.15) is 22.3 Å². The average Bonchev–Trinajstić information content (AvgIpc) is 3.26. The number of aliphatic carboxylic acids is 1. The minimum Gasteiger partial charge on any atom is -0.489 e. The topological polar surface area (TPSA) is 106 Å². The van der Waals surface area contributed by atoms with Gasteiger partial charge in [-0.15, -0.1) is 0 Å². The number of ether oxygens (including phenoxy) is 1. The van der Waals surface area contributed by atoms with E-state index in [4.69, 9.17) is 14.9 Å². The Hall–Kier alpha value is -3.61. The quantitative estimate of drug-likeness (QED) is 0.396. The zero-order chi connectivity index (χ0) is 21.8. The molecule has 0 unspecified atom stereocenters. The first-order chi connectivity index (χ1) is 15.1. The van der Waals surface area contributed by atoms with Gasteiger partial charge in [0.05, 0.1) is 19.3 Å². The Kier molecular flexibility index (Phi) is 6.02. The Labute approximate surface area is 179 Å². The predicted molar refractivity (Wildman–Crippen MR) is 118 cm³/mol. The van der Waals surface area contributed by atoms with Gasteiger partial charge in [-0.1, -0.05) is 30.3 Å². The molecule has 158 valence electrons. The molecule has 0 spiro atoms. The third-order valence-electron chi connectivity index (χ3n) is 5.13. The molecule has 6 nitrogen and oxygen atoms in total. The van der Waals surface area contributed by atoms with Crippen LogP contribution in [0.4, 0.5) is 0 Å². The summed E-state index contributed by atoms with van der Waals surface area (Å²) < 4.78 is 11.7. The van der Waals surface area contributed by atoms with Crippen molar-refractivity contribution in [2.75, 3.05) is 0 Å². The molecular formula is C25H23NO5. The van der Waals surface area contributed by atoms with Crippen LogP contribution < -0.4 is 10.5 Å². The van der Waals surface area contributed by atoms with Crippen LogP contribution in [0.15, 0.2) is 71.3 Å². The highest BCUT2D eigenvalue weighted by molar-refractivity contribution is 5.93. The molecule has 4 N–H and O–H groups in total. The Morgan fingerprint density at radius 2 is 1.87 bits per heavy atom. The molecule has 6 heteroatoms. The fourth-order valence-corrected chi connectivity index (χ4v) is 3.61. The molecule has 0 bridgehead atoms. The molecule has 1 aromatic heterocycles. The van der Waals surface area contributed by atoms with Crippen LogP contribution in [0.25, 0.3) is 22.1 Å². The van der Waals surface area contributed by atoms with Crippen LogP contribution in [0.3, 0.4) is 0 Å². The maximum absolute atomic E-state index is 11.2. The van der Waals surface area contributed by atoms with E-state index in [9.17, 15) is 15.0 Å². The monoisotopic (exact) mass is 417 g/mol. The highest BCUT2D eigenvalue weighted by Crippen LogP contribution is 2.32. The standard InChI is InChI=1S/C25H23NO5/c26-13-16-2-1-3-19(8-16)22-10-18(9-21-6-7-30-25(21)22)15-31-23-11-17(14-27)4-5-20(23)12-24(28)29/h1-11,27H,12-15,26H2,(H,28,29). The fourth-order valence-electron chi connectivity index (χ4n) is 3.61. The van der Waals surface area contributed by atoms with Gasteiger partial charge in [-0.2, -0.15) is 0 Å². The van der Waals surface area contributed by atoms with Gasteiger partial charge in [-0.05, 0) is 52.6 Å². The third kappa shape index (κ3) is 4.60. The van der Waals surface area contributed by atoms with E-state index in [0.29, 0.717) is 23.4 Å². The van der Waals surface area contributed by atoms with Crippen LogP contribution in [0.2, 0.25) is 0 Å². The van der Waals surface area contributed by atoms with E-state index >= 15 is 0 Å². The van der Waals surface area contributed by atoms with Gasteiger partial charge < -0.3 is 25.1 Å². The van der Waals surface area contributed by atoms with E-state index in [1.165, 1.54) is 0 Å². The Morgan fingerprint density at radius 1 is 1.00 bits per heavy atom. The molecule has 0 atom stereocenters. The zero-order valence-electron chi connectivity index (χ0n) is 16.9. The summed E-state index contributed by atoms with van der Waals surface area (Å²) in [7, 11) is 0. The fraction of sp³-hybridized carbons (Fsp3) is 0.160. The summed E-state index contributed by atoms with van der Waals surface area (Å²) in [5.41, 5.74) is 11.7. The number of benzene rings is 3. The number of rotatable bonds is 8. The lowest BCUT2D eigenvalue weighted by Gasteiger charge is -2.13. The van der Waals surface area contributed by atoms with Crippen molar-refractivity contribution in [2.45, 2.75) is 26.2 Å². The smallest absolute Gasteiger partial charge is 0.307 e. The highest BCUT2D eigenvalue weighted by Gasteiger charge is 2.13. The van der Waals surface area contributed by atoms with E-state index in [0.717, 1.165) is 33.2 Å². The van der Waals surface area contributed by atoms with Crippen LogP contribution in [-0.2, 0) is 31.0 Å². The van der Waals surface area contributed by atoms with E-state index in [2.05, 4.69) is 0 Å². The maximum Gasteiger partial charge on any atom is 0.307 e. The van der Waals surface area contributed by atoms with Gasteiger partial charge in [0.25, 0.3) is 0 Å². The number of aliphatic hydroxyl groups is 1. The largest absolute Gasteiger partial charge is 0.489 e. The number of hydrogen-bond donors (Lipinski definition) is 3. The minimum absolute atomic E-state index is 0.147. The second-order valence-electron chi connectivity index (χ2n) is 7.35. The van der Waals surface area contributed by atoms with Gasteiger partial charge in [0, 0.05) is 23.1 Å². The van der Waals surface area contributed by atoms with Crippen molar-refractivity contribution in [3.8, 4) is 16.9 Å². The Bertz CT molecular complexity index is 1230. The van der Waals surface area contributed by atoms with Crippen molar-refractivity contribution in [2.24, 2.45) is 5.73 Å². The van der Waals surface area contributed by atoms with E-state index < -0.39 is 5.97 Å². The molecule has 31 heavy (non-hydrogen) atoms. The number of carboxylic acid groups (broad SMARTS) is 1. The van der Waals surface area contributed by atoms with Gasteiger partial charge in [0.1, 0.15) is 17.9 Å². The van der Waals surface area contributed by atoms with Crippen molar-refractivity contribution in [3.05, 3.63) is 89.2 Å². The molecule has 4 aromatic rings. The van der Waals surface area contributed by atoms with Crippen LogP contribution in [0, 0.1) is 0 Å². The van der Waals surface area contributed by atoms with Crippen molar-refractivity contribution >= 4 is 16.9 Å². The molecule has 0 fully saturated rings. The predicted octanol–water partition coefficient (Wildman–Crippen LogP) is 4.26. The molecule has 0 aliphatic heterocycles. The molecule has 3 aromatic carbocycles. The third-order valence-corrected chi connectivity index (χ3v) is 5.13. The first kappa shape index (κ1) is 20.7. The molecule has 1 heterocycles. The Balaban J connectivity index is 1.68. The van der Waals surface area contributed by atoms with Crippen LogP contribution in [0.5, 0.6) is 5.75 Å². The van der Waals surface area contributed by atoms with E-state index in [1.54, 1.807) is 24.5 Å². The normalized spacial score (nSPS) is 11.0. The summed E-state index contributed by atoms with van der Waals surface area (Å²) in [5.74, 6) is -0.489. The summed E-state index contributed by atoms with van der Waals surface area (Å²) in [5, 5.41) is 19.6. The molecule has 4 rings (SSSR count). The molecule has 0 aliphatic carbocycles. The lowest BCUT2D eigenvalue weighted by atomic mass is 9.99. The number of fused-ring (bicyclic) bond motifs is 1. The maximum atomic E-state index is 11.2.